The number of likely N-dealkylation sites (N-methyl/N-ethyl adjacent to an activating group) is 1. The van der Waals surface area contributed by atoms with Crippen LogP contribution in [0.15, 0.2) is 12.4 Å². The second kappa shape index (κ2) is 4.87. The van der Waals surface area contributed by atoms with Crippen LogP contribution in [0.5, 0.6) is 0 Å². The fourth-order valence-corrected chi connectivity index (χ4v) is 1.38. The number of aromatic nitrogens is 2. The van der Waals surface area contributed by atoms with Gasteiger partial charge in [-0.25, -0.2) is 0 Å². The molecular formula is C12H21N3O2. The summed E-state index contributed by atoms with van der Waals surface area (Å²) < 4.78 is 1.87. The third-order valence-electron chi connectivity index (χ3n) is 3.08. The molecule has 5 heteroatoms. The first-order valence-electron chi connectivity index (χ1n) is 5.72. The van der Waals surface area contributed by atoms with Gasteiger partial charge in [0, 0.05) is 24.3 Å². The van der Waals surface area contributed by atoms with Gasteiger partial charge in [0.25, 0.3) is 0 Å². The summed E-state index contributed by atoms with van der Waals surface area (Å²) in [6, 6.07) is 0.321. The van der Waals surface area contributed by atoms with Gasteiger partial charge in [-0.1, -0.05) is 0 Å². The molecule has 96 valence electrons. The van der Waals surface area contributed by atoms with Crippen molar-refractivity contribution in [3.8, 4) is 0 Å². The highest BCUT2D eigenvalue weighted by atomic mass is 16.4. The van der Waals surface area contributed by atoms with Crippen LogP contribution in [0.2, 0.25) is 0 Å². The van der Waals surface area contributed by atoms with E-state index >= 15 is 0 Å². The van der Waals surface area contributed by atoms with Crippen LogP contribution in [-0.2, 0) is 11.3 Å². The standard InChI is InChI=1S/C12H21N3O2/c1-9(2)15-8-10(6-13-15)7-14(5)12(3,4)11(16)17/h6,8-9H,7H2,1-5H3,(H,16,17). The molecule has 0 aliphatic heterocycles. The Labute approximate surface area is 102 Å². The van der Waals surface area contributed by atoms with E-state index in [1.807, 2.05) is 10.9 Å². The number of hydrogen-bond donors (Lipinski definition) is 1. The average molecular weight is 239 g/mol. The van der Waals surface area contributed by atoms with E-state index in [4.69, 9.17) is 5.11 Å². The van der Waals surface area contributed by atoms with Crippen LogP contribution in [0.3, 0.4) is 0 Å². The Morgan fingerprint density at radius 1 is 1.59 bits per heavy atom. The quantitative estimate of drug-likeness (QED) is 0.850. The summed E-state index contributed by atoms with van der Waals surface area (Å²) in [6.45, 7) is 8.08. The number of rotatable bonds is 5. The van der Waals surface area contributed by atoms with Crippen LogP contribution in [-0.4, -0.2) is 38.3 Å². The first kappa shape index (κ1) is 13.7. The van der Waals surface area contributed by atoms with Gasteiger partial charge < -0.3 is 5.11 Å². The summed E-state index contributed by atoms with van der Waals surface area (Å²) >= 11 is 0. The number of aliphatic carboxylic acids is 1. The zero-order valence-electron chi connectivity index (χ0n) is 11.1. The maximum atomic E-state index is 11.1. The molecule has 1 N–H and O–H groups in total. The lowest BCUT2D eigenvalue weighted by Gasteiger charge is -2.30. The molecule has 1 heterocycles. The number of nitrogens with zero attached hydrogens (tertiary/aromatic N) is 3. The number of hydrogen-bond acceptors (Lipinski definition) is 3. The molecule has 0 radical (unpaired) electrons. The summed E-state index contributed by atoms with van der Waals surface area (Å²) in [5.74, 6) is -0.823. The molecule has 1 rings (SSSR count). The van der Waals surface area contributed by atoms with E-state index in [9.17, 15) is 4.79 Å². The molecule has 0 atom stereocenters. The maximum absolute atomic E-state index is 11.1. The summed E-state index contributed by atoms with van der Waals surface area (Å²) in [4.78, 5) is 12.9. The van der Waals surface area contributed by atoms with E-state index < -0.39 is 11.5 Å². The summed E-state index contributed by atoms with van der Waals surface area (Å²) in [7, 11) is 1.81. The van der Waals surface area contributed by atoms with Crippen molar-refractivity contribution < 1.29 is 9.90 Å². The second-order valence-corrected chi connectivity index (χ2v) is 5.14. The van der Waals surface area contributed by atoms with E-state index in [1.54, 1.807) is 32.0 Å². The first-order valence-corrected chi connectivity index (χ1v) is 5.72. The van der Waals surface area contributed by atoms with Crippen molar-refractivity contribution in [2.75, 3.05) is 7.05 Å². The van der Waals surface area contributed by atoms with Gasteiger partial charge in [-0.3, -0.25) is 14.4 Å². The molecule has 0 spiro atoms. The van der Waals surface area contributed by atoms with E-state index in [2.05, 4.69) is 18.9 Å². The predicted molar refractivity (Wildman–Crippen MR) is 65.8 cm³/mol. The Balaban J connectivity index is 2.74. The molecule has 0 saturated carbocycles. The van der Waals surface area contributed by atoms with E-state index in [1.165, 1.54) is 0 Å². The predicted octanol–water partition coefficient (Wildman–Crippen LogP) is 1.76. The third kappa shape index (κ3) is 3.06. The highest BCUT2D eigenvalue weighted by molar-refractivity contribution is 5.77. The molecule has 0 aliphatic rings. The lowest BCUT2D eigenvalue weighted by atomic mass is 10.0. The van der Waals surface area contributed by atoms with E-state index in [0.29, 0.717) is 12.6 Å². The Bertz CT molecular complexity index is 396. The van der Waals surface area contributed by atoms with Gasteiger partial charge in [-0.05, 0) is 34.7 Å². The Kier molecular flexibility index (Phi) is 3.93. The zero-order valence-corrected chi connectivity index (χ0v) is 11.1. The maximum Gasteiger partial charge on any atom is 0.323 e. The Hall–Kier alpha value is -1.36. The highest BCUT2D eigenvalue weighted by Gasteiger charge is 2.31. The molecule has 1 aromatic rings. The smallest absolute Gasteiger partial charge is 0.323 e. The van der Waals surface area contributed by atoms with Gasteiger partial charge in [0.1, 0.15) is 5.54 Å². The van der Waals surface area contributed by atoms with Crippen molar-refractivity contribution in [1.29, 1.82) is 0 Å². The minimum absolute atomic E-state index is 0.321. The van der Waals surface area contributed by atoms with Crippen LogP contribution >= 0.6 is 0 Å². The molecule has 17 heavy (non-hydrogen) atoms. The van der Waals surface area contributed by atoms with Gasteiger partial charge in [0.2, 0.25) is 0 Å². The van der Waals surface area contributed by atoms with Crippen molar-refractivity contribution in [3.05, 3.63) is 18.0 Å². The van der Waals surface area contributed by atoms with Crippen molar-refractivity contribution in [1.82, 2.24) is 14.7 Å². The van der Waals surface area contributed by atoms with Crippen molar-refractivity contribution in [2.45, 2.75) is 45.8 Å². The monoisotopic (exact) mass is 239 g/mol. The third-order valence-corrected chi connectivity index (χ3v) is 3.08. The fourth-order valence-electron chi connectivity index (χ4n) is 1.38. The molecule has 5 nitrogen and oxygen atoms in total. The van der Waals surface area contributed by atoms with Crippen molar-refractivity contribution >= 4 is 5.97 Å². The Morgan fingerprint density at radius 3 is 2.59 bits per heavy atom. The lowest BCUT2D eigenvalue weighted by molar-refractivity contribution is -0.148. The number of carboxylic acid groups (broad SMARTS) is 1. The minimum Gasteiger partial charge on any atom is -0.480 e. The summed E-state index contributed by atoms with van der Waals surface area (Å²) in [6.07, 6.45) is 3.74. The fraction of sp³-hybridized carbons (Fsp3) is 0.667. The molecular weight excluding hydrogens is 218 g/mol. The van der Waals surface area contributed by atoms with Gasteiger partial charge >= 0.3 is 5.97 Å². The van der Waals surface area contributed by atoms with Gasteiger partial charge in [-0.15, -0.1) is 0 Å². The zero-order chi connectivity index (χ0) is 13.2. The average Bonchev–Trinajstić information content (AvgIpc) is 2.65. The highest BCUT2D eigenvalue weighted by Crippen LogP contribution is 2.16. The molecule has 0 unspecified atom stereocenters. The summed E-state index contributed by atoms with van der Waals surface area (Å²) in [5.41, 5.74) is 0.149. The van der Waals surface area contributed by atoms with Crippen LogP contribution in [0.25, 0.3) is 0 Å². The van der Waals surface area contributed by atoms with Crippen LogP contribution < -0.4 is 0 Å². The molecule has 0 aromatic carbocycles. The largest absolute Gasteiger partial charge is 0.480 e. The molecule has 0 bridgehead atoms. The van der Waals surface area contributed by atoms with Crippen LogP contribution in [0.4, 0.5) is 0 Å². The van der Waals surface area contributed by atoms with Crippen LogP contribution in [0.1, 0.15) is 39.3 Å². The Morgan fingerprint density at radius 2 is 2.18 bits per heavy atom. The normalized spacial score (nSPS) is 12.4. The first-order chi connectivity index (χ1) is 7.75. The van der Waals surface area contributed by atoms with Gasteiger partial charge in [-0.2, -0.15) is 5.10 Å². The number of carboxylic acids is 1. The molecule has 0 fully saturated rings. The van der Waals surface area contributed by atoms with Crippen molar-refractivity contribution in [2.24, 2.45) is 0 Å². The van der Waals surface area contributed by atoms with Gasteiger partial charge in [0.15, 0.2) is 0 Å². The minimum atomic E-state index is -0.875. The lowest BCUT2D eigenvalue weighted by Crippen LogP contribution is -2.47. The second-order valence-electron chi connectivity index (χ2n) is 5.14. The molecule has 0 saturated heterocycles. The number of carbonyl (C=O) groups is 1. The topological polar surface area (TPSA) is 58.4 Å². The van der Waals surface area contributed by atoms with Crippen LogP contribution in [0, 0.1) is 0 Å². The molecule has 0 aliphatic carbocycles. The SMILES string of the molecule is CC(C)n1cc(CN(C)C(C)(C)C(=O)O)cn1. The van der Waals surface area contributed by atoms with E-state index in [0.717, 1.165) is 5.56 Å². The summed E-state index contributed by atoms with van der Waals surface area (Å²) in [5, 5.41) is 13.4. The molecule has 1 aromatic heterocycles. The van der Waals surface area contributed by atoms with Gasteiger partial charge in [0.05, 0.1) is 6.20 Å². The van der Waals surface area contributed by atoms with Crippen molar-refractivity contribution in [3.63, 3.8) is 0 Å². The molecule has 0 amide bonds. The van der Waals surface area contributed by atoms with E-state index in [-0.39, 0.29) is 0 Å².